The van der Waals surface area contributed by atoms with Crippen molar-refractivity contribution in [2.75, 3.05) is 13.1 Å². The topological polar surface area (TPSA) is 40.5 Å². The van der Waals surface area contributed by atoms with Gasteiger partial charge < -0.3 is 10.0 Å². The third-order valence-corrected chi connectivity index (χ3v) is 3.86. The maximum absolute atomic E-state index is 11.9. The Bertz CT molecular complexity index is 408. The highest BCUT2D eigenvalue weighted by molar-refractivity contribution is 9.10. The number of β-amino-alcohol motifs (C(OH)–C–C–N with tert-alkyl or cyclic N) is 1. The summed E-state index contributed by atoms with van der Waals surface area (Å²) in [4.78, 5) is 13.6. The van der Waals surface area contributed by atoms with Crippen molar-refractivity contribution in [2.24, 2.45) is 0 Å². The van der Waals surface area contributed by atoms with Crippen LogP contribution in [-0.4, -0.2) is 35.1 Å². The summed E-state index contributed by atoms with van der Waals surface area (Å²) in [5.41, 5.74) is 1.15. The Morgan fingerprint density at radius 3 is 2.88 bits per heavy atom. The quantitative estimate of drug-likeness (QED) is 0.927. The summed E-state index contributed by atoms with van der Waals surface area (Å²) in [5, 5.41) is 9.38. The lowest BCUT2D eigenvalue weighted by Gasteiger charge is -2.15. The molecule has 3 nitrogen and oxygen atoms in total. The highest BCUT2D eigenvalue weighted by atomic mass is 79.9. The first-order chi connectivity index (χ1) is 8.16. The van der Waals surface area contributed by atoms with Crippen molar-refractivity contribution in [3.05, 3.63) is 34.3 Å². The fourth-order valence-corrected chi connectivity index (χ4v) is 2.55. The van der Waals surface area contributed by atoms with E-state index in [-0.39, 0.29) is 12.0 Å². The molecule has 1 aliphatic heterocycles. The number of amides is 1. The van der Waals surface area contributed by atoms with Gasteiger partial charge in [0.2, 0.25) is 5.91 Å². The van der Waals surface area contributed by atoms with Gasteiger partial charge in [-0.1, -0.05) is 34.1 Å². The van der Waals surface area contributed by atoms with Crippen LogP contribution < -0.4 is 0 Å². The summed E-state index contributed by atoms with van der Waals surface area (Å²) in [5.74, 6) is 0.136. The third kappa shape index (κ3) is 3.30. The van der Waals surface area contributed by atoms with Crippen molar-refractivity contribution in [1.82, 2.24) is 4.90 Å². The summed E-state index contributed by atoms with van der Waals surface area (Å²) in [6.07, 6.45) is 1.63. The second kappa shape index (κ2) is 5.65. The predicted molar refractivity (Wildman–Crippen MR) is 69.7 cm³/mol. The standard InChI is InChI=1S/C13H16BrNO2/c14-12-4-2-1-3-10(12)5-6-13(17)15-8-7-11(16)9-15/h1-4,11,16H,5-9H2/t11-/m0/s1. The zero-order valence-corrected chi connectivity index (χ0v) is 11.2. The third-order valence-electron chi connectivity index (χ3n) is 3.08. The minimum atomic E-state index is -0.331. The zero-order chi connectivity index (χ0) is 12.3. The molecule has 0 saturated carbocycles. The molecular formula is C13H16BrNO2. The van der Waals surface area contributed by atoms with E-state index in [1.165, 1.54) is 0 Å². The van der Waals surface area contributed by atoms with Crippen LogP contribution in [0.2, 0.25) is 0 Å². The molecule has 1 saturated heterocycles. The van der Waals surface area contributed by atoms with Gasteiger partial charge in [0.1, 0.15) is 0 Å². The minimum absolute atomic E-state index is 0.136. The van der Waals surface area contributed by atoms with Crippen LogP contribution in [0, 0.1) is 0 Å². The molecule has 1 heterocycles. The SMILES string of the molecule is O=C(CCc1ccccc1Br)N1CC[C@H](O)C1. The van der Waals surface area contributed by atoms with Crippen molar-refractivity contribution in [3.63, 3.8) is 0 Å². The van der Waals surface area contributed by atoms with E-state index in [0.717, 1.165) is 16.5 Å². The van der Waals surface area contributed by atoms with Crippen molar-refractivity contribution in [3.8, 4) is 0 Å². The molecule has 1 atom stereocenters. The van der Waals surface area contributed by atoms with E-state index in [9.17, 15) is 9.90 Å². The fourth-order valence-electron chi connectivity index (χ4n) is 2.07. The molecule has 2 rings (SSSR count). The molecule has 1 aromatic carbocycles. The van der Waals surface area contributed by atoms with Gasteiger partial charge in [-0.2, -0.15) is 0 Å². The number of halogens is 1. The smallest absolute Gasteiger partial charge is 0.222 e. The van der Waals surface area contributed by atoms with Crippen molar-refractivity contribution in [1.29, 1.82) is 0 Å². The first kappa shape index (κ1) is 12.6. The van der Waals surface area contributed by atoms with Gasteiger partial charge in [0.15, 0.2) is 0 Å². The van der Waals surface area contributed by atoms with Gasteiger partial charge in [0, 0.05) is 24.0 Å². The van der Waals surface area contributed by atoms with Gasteiger partial charge in [-0.15, -0.1) is 0 Å². The number of likely N-dealkylation sites (tertiary alicyclic amines) is 1. The number of aliphatic hydroxyl groups is 1. The molecule has 0 aromatic heterocycles. The lowest BCUT2D eigenvalue weighted by Crippen LogP contribution is -2.29. The first-order valence-electron chi connectivity index (χ1n) is 5.86. The molecule has 0 bridgehead atoms. The van der Waals surface area contributed by atoms with E-state index in [4.69, 9.17) is 0 Å². The second-order valence-corrected chi connectivity index (χ2v) is 5.23. The molecule has 92 valence electrons. The van der Waals surface area contributed by atoms with Crippen molar-refractivity contribution < 1.29 is 9.90 Å². The molecule has 1 fully saturated rings. The maximum atomic E-state index is 11.9. The summed E-state index contributed by atoms with van der Waals surface area (Å²) in [6.45, 7) is 1.19. The van der Waals surface area contributed by atoms with Gasteiger partial charge in [0.25, 0.3) is 0 Å². The Labute approximate surface area is 110 Å². The molecule has 0 radical (unpaired) electrons. The van der Waals surface area contributed by atoms with Crippen LogP contribution in [0.3, 0.4) is 0 Å². The van der Waals surface area contributed by atoms with E-state index in [1.807, 2.05) is 24.3 Å². The average molecular weight is 298 g/mol. The monoisotopic (exact) mass is 297 g/mol. The second-order valence-electron chi connectivity index (χ2n) is 4.37. The number of carbonyl (C=O) groups is 1. The average Bonchev–Trinajstić information content (AvgIpc) is 2.74. The molecule has 0 aliphatic carbocycles. The Balaban J connectivity index is 1.86. The molecule has 4 heteroatoms. The maximum Gasteiger partial charge on any atom is 0.222 e. The number of benzene rings is 1. The number of rotatable bonds is 3. The van der Waals surface area contributed by atoms with Crippen LogP contribution in [0.5, 0.6) is 0 Å². The Morgan fingerprint density at radius 1 is 1.47 bits per heavy atom. The molecule has 17 heavy (non-hydrogen) atoms. The number of hydrogen-bond donors (Lipinski definition) is 1. The normalized spacial score (nSPS) is 19.6. The van der Waals surface area contributed by atoms with E-state index < -0.39 is 0 Å². The number of nitrogens with zero attached hydrogens (tertiary/aromatic N) is 1. The van der Waals surface area contributed by atoms with Gasteiger partial charge in [0.05, 0.1) is 6.10 Å². The molecule has 1 N–H and O–H groups in total. The number of carbonyl (C=O) groups excluding carboxylic acids is 1. The van der Waals surface area contributed by atoms with E-state index >= 15 is 0 Å². The fraction of sp³-hybridized carbons (Fsp3) is 0.462. The lowest BCUT2D eigenvalue weighted by atomic mass is 10.1. The Morgan fingerprint density at radius 2 is 2.24 bits per heavy atom. The van der Waals surface area contributed by atoms with Crippen LogP contribution in [0.15, 0.2) is 28.7 Å². The summed E-state index contributed by atoms with van der Waals surface area (Å²) in [7, 11) is 0. The van der Waals surface area contributed by atoms with Crippen LogP contribution in [-0.2, 0) is 11.2 Å². The Kier molecular flexibility index (Phi) is 4.18. The van der Waals surface area contributed by atoms with E-state index in [1.54, 1.807) is 4.90 Å². The predicted octanol–water partition coefficient (Wildman–Crippen LogP) is 1.97. The van der Waals surface area contributed by atoms with Gasteiger partial charge >= 0.3 is 0 Å². The van der Waals surface area contributed by atoms with Gasteiger partial charge in [-0.25, -0.2) is 0 Å². The molecule has 1 aliphatic rings. The summed E-state index contributed by atoms with van der Waals surface area (Å²) in [6, 6.07) is 7.95. The largest absolute Gasteiger partial charge is 0.391 e. The zero-order valence-electron chi connectivity index (χ0n) is 9.60. The van der Waals surface area contributed by atoms with Crippen LogP contribution in [0.1, 0.15) is 18.4 Å². The highest BCUT2D eigenvalue weighted by Gasteiger charge is 2.23. The summed E-state index contributed by atoms with van der Waals surface area (Å²) >= 11 is 3.47. The van der Waals surface area contributed by atoms with Crippen LogP contribution in [0.4, 0.5) is 0 Å². The number of hydrogen-bond acceptors (Lipinski definition) is 2. The molecule has 0 spiro atoms. The Hall–Kier alpha value is -0.870. The van der Waals surface area contributed by atoms with Crippen LogP contribution in [0.25, 0.3) is 0 Å². The van der Waals surface area contributed by atoms with Gasteiger partial charge in [-0.05, 0) is 24.5 Å². The van der Waals surface area contributed by atoms with E-state index in [2.05, 4.69) is 15.9 Å². The van der Waals surface area contributed by atoms with E-state index in [0.29, 0.717) is 25.9 Å². The minimum Gasteiger partial charge on any atom is -0.391 e. The molecule has 1 amide bonds. The van der Waals surface area contributed by atoms with Crippen molar-refractivity contribution >= 4 is 21.8 Å². The number of aliphatic hydroxyl groups excluding tert-OH is 1. The highest BCUT2D eigenvalue weighted by Crippen LogP contribution is 2.18. The van der Waals surface area contributed by atoms with Crippen molar-refractivity contribution in [2.45, 2.75) is 25.4 Å². The molecule has 1 aromatic rings. The molecular weight excluding hydrogens is 282 g/mol. The van der Waals surface area contributed by atoms with Crippen LogP contribution >= 0.6 is 15.9 Å². The number of aryl methyl sites for hydroxylation is 1. The lowest BCUT2D eigenvalue weighted by molar-refractivity contribution is -0.130. The first-order valence-corrected chi connectivity index (χ1v) is 6.65. The summed E-state index contributed by atoms with van der Waals surface area (Å²) < 4.78 is 1.05. The molecule has 0 unspecified atom stereocenters. The van der Waals surface area contributed by atoms with Gasteiger partial charge in [-0.3, -0.25) is 4.79 Å².